The van der Waals surface area contributed by atoms with Crippen molar-refractivity contribution < 1.29 is 18.7 Å². The van der Waals surface area contributed by atoms with E-state index in [1.807, 2.05) is 30.3 Å². The van der Waals surface area contributed by atoms with Crippen LogP contribution in [0.1, 0.15) is 16.1 Å². The maximum absolute atomic E-state index is 13.7. The molecule has 0 unspecified atom stereocenters. The second-order valence-corrected chi connectivity index (χ2v) is 5.95. The number of aromatic amines is 1. The van der Waals surface area contributed by atoms with Crippen LogP contribution in [0.2, 0.25) is 0 Å². The van der Waals surface area contributed by atoms with Gasteiger partial charge in [0.2, 0.25) is 0 Å². The summed E-state index contributed by atoms with van der Waals surface area (Å²) < 4.78 is 18.7. The van der Waals surface area contributed by atoms with Gasteiger partial charge >= 0.3 is 5.97 Å². The lowest BCUT2D eigenvalue weighted by atomic mass is 10.1. The minimum absolute atomic E-state index is 0.0886. The molecule has 1 heterocycles. The van der Waals surface area contributed by atoms with Gasteiger partial charge in [-0.3, -0.25) is 9.89 Å². The smallest absolute Gasteiger partial charge is 0.356 e. The standard InChI is InChI=1S/C20H18FN3O3/c1-24(12-15-9-5-6-10-16(15)21)19(25)13-27-20(26)18-11-17(22-23-18)14-7-3-2-4-8-14/h2-11H,12-13H2,1H3,(H,22,23). The number of rotatable bonds is 6. The van der Waals surface area contributed by atoms with Crippen LogP contribution < -0.4 is 0 Å². The van der Waals surface area contributed by atoms with Crippen LogP contribution in [-0.2, 0) is 16.1 Å². The predicted molar refractivity (Wildman–Crippen MR) is 97.2 cm³/mol. The third-order valence-corrected chi connectivity index (χ3v) is 3.99. The van der Waals surface area contributed by atoms with Crippen LogP contribution in [0.25, 0.3) is 11.3 Å². The maximum Gasteiger partial charge on any atom is 0.356 e. The van der Waals surface area contributed by atoms with Gasteiger partial charge in [0.15, 0.2) is 6.61 Å². The van der Waals surface area contributed by atoms with E-state index in [0.717, 1.165) is 5.56 Å². The van der Waals surface area contributed by atoms with Gasteiger partial charge in [0.1, 0.15) is 11.5 Å². The zero-order chi connectivity index (χ0) is 19.2. The van der Waals surface area contributed by atoms with E-state index >= 15 is 0 Å². The van der Waals surface area contributed by atoms with E-state index < -0.39 is 18.5 Å². The molecule has 0 saturated heterocycles. The number of nitrogens with zero attached hydrogens (tertiary/aromatic N) is 2. The number of carbonyl (C=O) groups excluding carboxylic acids is 2. The molecule has 0 bridgehead atoms. The second-order valence-electron chi connectivity index (χ2n) is 5.95. The van der Waals surface area contributed by atoms with Gasteiger partial charge in [-0.25, -0.2) is 9.18 Å². The normalized spacial score (nSPS) is 10.4. The fourth-order valence-corrected chi connectivity index (χ4v) is 2.47. The summed E-state index contributed by atoms with van der Waals surface area (Å²) >= 11 is 0. The number of carbonyl (C=O) groups is 2. The van der Waals surface area contributed by atoms with Crippen LogP contribution in [-0.4, -0.2) is 40.6 Å². The van der Waals surface area contributed by atoms with Gasteiger partial charge in [0.25, 0.3) is 5.91 Å². The molecule has 0 fully saturated rings. The largest absolute Gasteiger partial charge is 0.451 e. The first kappa shape index (κ1) is 18.3. The molecule has 6 nitrogen and oxygen atoms in total. The molecule has 7 heteroatoms. The molecule has 0 radical (unpaired) electrons. The number of hydrogen-bond donors (Lipinski definition) is 1. The Morgan fingerprint density at radius 2 is 1.81 bits per heavy atom. The predicted octanol–water partition coefficient (Wildman–Crippen LogP) is 3.03. The van der Waals surface area contributed by atoms with Gasteiger partial charge < -0.3 is 9.64 Å². The number of halogens is 1. The summed E-state index contributed by atoms with van der Waals surface area (Å²) in [5, 5.41) is 6.68. The fraction of sp³-hybridized carbons (Fsp3) is 0.150. The lowest BCUT2D eigenvalue weighted by Crippen LogP contribution is -2.31. The van der Waals surface area contributed by atoms with Crippen molar-refractivity contribution in [1.82, 2.24) is 15.1 Å². The zero-order valence-electron chi connectivity index (χ0n) is 14.7. The molecule has 2 aromatic carbocycles. The van der Waals surface area contributed by atoms with E-state index in [1.165, 1.54) is 18.0 Å². The Hall–Kier alpha value is -3.48. The summed E-state index contributed by atoms with van der Waals surface area (Å²) in [4.78, 5) is 25.5. The molecule has 3 aromatic rings. The number of ether oxygens (including phenoxy) is 1. The third-order valence-electron chi connectivity index (χ3n) is 3.99. The van der Waals surface area contributed by atoms with E-state index in [0.29, 0.717) is 11.3 Å². The topological polar surface area (TPSA) is 75.3 Å². The molecule has 0 aliphatic carbocycles. The number of hydrogen-bond acceptors (Lipinski definition) is 4. The Morgan fingerprint density at radius 3 is 2.56 bits per heavy atom. The summed E-state index contributed by atoms with van der Waals surface area (Å²) in [6, 6.07) is 17.1. The Balaban J connectivity index is 1.55. The molecule has 1 amide bonds. The van der Waals surface area contributed by atoms with E-state index in [4.69, 9.17) is 4.74 Å². The molecule has 1 aromatic heterocycles. The molecule has 0 aliphatic heterocycles. The van der Waals surface area contributed by atoms with Crippen LogP contribution in [0.3, 0.4) is 0 Å². The highest BCUT2D eigenvalue weighted by Crippen LogP contribution is 2.17. The third kappa shape index (κ3) is 4.58. The van der Waals surface area contributed by atoms with Gasteiger partial charge in [0.05, 0.1) is 5.69 Å². The van der Waals surface area contributed by atoms with Crippen LogP contribution in [0.15, 0.2) is 60.7 Å². The minimum Gasteiger partial charge on any atom is -0.451 e. The summed E-state index contributed by atoms with van der Waals surface area (Å²) in [5.74, 6) is -1.51. The van der Waals surface area contributed by atoms with Crippen molar-refractivity contribution in [2.45, 2.75) is 6.54 Å². The minimum atomic E-state index is -0.683. The number of H-pyrrole nitrogens is 1. The second kappa shape index (κ2) is 8.27. The fourth-order valence-electron chi connectivity index (χ4n) is 2.47. The van der Waals surface area contributed by atoms with Crippen molar-refractivity contribution in [3.63, 3.8) is 0 Å². The van der Waals surface area contributed by atoms with Crippen LogP contribution >= 0.6 is 0 Å². The van der Waals surface area contributed by atoms with Crippen molar-refractivity contribution in [3.8, 4) is 11.3 Å². The first-order valence-corrected chi connectivity index (χ1v) is 8.30. The van der Waals surface area contributed by atoms with Crippen molar-refractivity contribution in [1.29, 1.82) is 0 Å². The Kier molecular flexibility index (Phi) is 5.61. The average Bonchev–Trinajstić information content (AvgIpc) is 3.18. The molecular formula is C20H18FN3O3. The summed E-state index contributed by atoms with van der Waals surface area (Å²) in [6.45, 7) is -0.352. The molecule has 0 saturated carbocycles. The first-order valence-electron chi connectivity index (χ1n) is 8.30. The Labute approximate surface area is 155 Å². The SMILES string of the molecule is CN(Cc1ccccc1F)C(=O)COC(=O)c1cc(-c2ccccc2)n[nH]1. The lowest BCUT2D eigenvalue weighted by molar-refractivity contribution is -0.133. The number of benzene rings is 2. The number of amides is 1. The van der Waals surface area contributed by atoms with Crippen LogP contribution in [0, 0.1) is 5.82 Å². The molecule has 1 N–H and O–H groups in total. The van der Waals surface area contributed by atoms with Gasteiger partial charge in [-0.05, 0) is 12.1 Å². The molecule has 138 valence electrons. The van der Waals surface area contributed by atoms with E-state index in [-0.39, 0.29) is 18.1 Å². The number of esters is 1. The first-order chi connectivity index (χ1) is 13.0. The molecule has 0 spiro atoms. The number of nitrogens with one attached hydrogen (secondary N) is 1. The zero-order valence-corrected chi connectivity index (χ0v) is 14.7. The van der Waals surface area contributed by atoms with Gasteiger partial charge in [-0.2, -0.15) is 5.10 Å². The molecule has 0 aliphatic rings. The van der Waals surface area contributed by atoms with E-state index in [2.05, 4.69) is 10.2 Å². The maximum atomic E-state index is 13.7. The van der Waals surface area contributed by atoms with Gasteiger partial charge in [0, 0.05) is 24.7 Å². The molecule has 27 heavy (non-hydrogen) atoms. The van der Waals surface area contributed by atoms with Crippen LogP contribution in [0.4, 0.5) is 4.39 Å². The number of likely N-dealkylation sites (N-methyl/N-ethyl adjacent to an activating group) is 1. The summed E-state index contributed by atoms with van der Waals surface area (Å²) in [7, 11) is 1.52. The van der Waals surface area contributed by atoms with Gasteiger partial charge in [-0.1, -0.05) is 48.5 Å². The molecule has 0 atom stereocenters. The highest BCUT2D eigenvalue weighted by atomic mass is 19.1. The quantitative estimate of drug-likeness (QED) is 0.680. The highest BCUT2D eigenvalue weighted by Gasteiger charge is 2.17. The van der Waals surface area contributed by atoms with Crippen molar-refractivity contribution in [2.24, 2.45) is 0 Å². The van der Waals surface area contributed by atoms with E-state index in [1.54, 1.807) is 24.3 Å². The number of aromatic nitrogens is 2. The van der Waals surface area contributed by atoms with Gasteiger partial charge in [-0.15, -0.1) is 0 Å². The molecule has 3 rings (SSSR count). The summed E-state index contributed by atoms with van der Waals surface area (Å²) in [5.41, 5.74) is 2.00. The monoisotopic (exact) mass is 367 g/mol. The Bertz CT molecular complexity index is 940. The van der Waals surface area contributed by atoms with Crippen molar-refractivity contribution in [3.05, 3.63) is 77.7 Å². The van der Waals surface area contributed by atoms with Crippen LogP contribution in [0.5, 0.6) is 0 Å². The van der Waals surface area contributed by atoms with E-state index in [9.17, 15) is 14.0 Å². The Morgan fingerprint density at radius 1 is 1.11 bits per heavy atom. The molecular weight excluding hydrogens is 349 g/mol. The lowest BCUT2D eigenvalue weighted by Gasteiger charge is -2.17. The summed E-state index contributed by atoms with van der Waals surface area (Å²) in [6.07, 6.45) is 0. The highest BCUT2D eigenvalue weighted by molar-refractivity contribution is 5.90. The van der Waals surface area contributed by atoms with Crippen molar-refractivity contribution >= 4 is 11.9 Å². The van der Waals surface area contributed by atoms with Crippen molar-refractivity contribution in [2.75, 3.05) is 13.7 Å². The average molecular weight is 367 g/mol.